The molecule has 6 rings (SSSR count). The Balaban J connectivity index is 1.28. The van der Waals surface area contributed by atoms with Gasteiger partial charge >= 0.3 is 11.9 Å². The van der Waals surface area contributed by atoms with Gasteiger partial charge in [-0.15, -0.1) is 0 Å². The van der Waals surface area contributed by atoms with Crippen molar-refractivity contribution < 1.29 is 38.1 Å². The van der Waals surface area contributed by atoms with Crippen LogP contribution in [0, 0.1) is 23.2 Å². The Kier molecular flexibility index (Phi) is 8.89. The van der Waals surface area contributed by atoms with Gasteiger partial charge < -0.3 is 29.0 Å². The van der Waals surface area contributed by atoms with Crippen LogP contribution in [0.4, 0.5) is 0 Å². The van der Waals surface area contributed by atoms with E-state index in [-0.39, 0.29) is 28.7 Å². The minimum Gasteiger partial charge on any atom is -0.493 e. The van der Waals surface area contributed by atoms with E-state index in [1.807, 2.05) is 37.3 Å². The predicted molar refractivity (Wildman–Crippen MR) is 152 cm³/mol. The number of nitrogens with zero attached hydrogens (tertiary/aromatic N) is 1. The molecule has 0 unspecified atom stereocenters. The van der Waals surface area contributed by atoms with Crippen molar-refractivity contribution in [2.45, 2.75) is 77.5 Å². The van der Waals surface area contributed by atoms with Gasteiger partial charge in [-0.05, 0) is 82.3 Å². The number of para-hydroxylation sites is 1. The summed E-state index contributed by atoms with van der Waals surface area (Å²) in [6, 6.07) is 10.2. The smallest absolute Gasteiger partial charge is 0.328 e. The van der Waals surface area contributed by atoms with E-state index >= 15 is 0 Å². The maximum Gasteiger partial charge on any atom is 0.328 e. The Bertz CT molecular complexity index is 1250. The highest BCUT2D eigenvalue weighted by Gasteiger charge is 2.57. The summed E-state index contributed by atoms with van der Waals surface area (Å²) in [5.41, 5.74) is -0.164. The zero-order valence-electron chi connectivity index (χ0n) is 24.7. The molecular formula is C32H40N2O8. The fourth-order valence-corrected chi connectivity index (χ4v) is 7.63. The summed E-state index contributed by atoms with van der Waals surface area (Å²) in [5, 5.41) is 2.66. The molecule has 0 saturated heterocycles. The molecule has 226 valence electrons. The number of hydrogen-bond donors (Lipinski definition) is 1. The first kappa shape index (κ1) is 29.7. The molecule has 3 atom stereocenters. The Morgan fingerprint density at radius 1 is 1.00 bits per heavy atom. The van der Waals surface area contributed by atoms with Gasteiger partial charge in [0.25, 0.3) is 5.91 Å². The van der Waals surface area contributed by atoms with Crippen LogP contribution in [-0.2, 0) is 19.1 Å². The Morgan fingerprint density at radius 3 is 2.24 bits per heavy atom. The molecule has 1 aromatic heterocycles. The molecule has 4 fully saturated rings. The Labute approximate surface area is 246 Å². The van der Waals surface area contributed by atoms with Crippen LogP contribution in [0.3, 0.4) is 0 Å². The fraction of sp³-hybridized carbons (Fsp3) is 0.562. The van der Waals surface area contributed by atoms with Gasteiger partial charge in [0.1, 0.15) is 24.0 Å². The number of aromatic nitrogens is 1. The molecule has 0 aliphatic heterocycles. The van der Waals surface area contributed by atoms with E-state index in [2.05, 4.69) is 10.3 Å². The van der Waals surface area contributed by atoms with Crippen LogP contribution in [0.25, 0.3) is 0 Å². The highest BCUT2D eigenvalue weighted by molar-refractivity contribution is 5.98. The zero-order chi connectivity index (χ0) is 29.9. The van der Waals surface area contributed by atoms with Gasteiger partial charge in [-0.2, -0.15) is 0 Å². The number of hydrogen-bond acceptors (Lipinski definition) is 9. The van der Waals surface area contributed by atoms with Gasteiger partial charge in [-0.25, -0.2) is 9.78 Å². The van der Waals surface area contributed by atoms with E-state index in [9.17, 15) is 14.4 Å². The molecule has 10 heteroatoms. The number of nitrogens with one attached hydrogen (secondary N) is 1. The lowest BCUT2D eigenvalue weighted by Gasteiger charge is -2.59. The standard InChI is InChI=1S/C32H40N2O8/c1-19(34-30(36)27-28(40-18-39-21(3)35)26(38-4)10-11-33-27)31(37)41-20(2)29(42-25-8-6-5-7-9-25)32-15-22-12-23(16-32)14-24(13-22)17-32/h5-11,19-20,22-24,29H,12-18H2,1-4H3,(H,34,36)/t19-,20-,22?,23?,24?,29-,32?/m0/s1. The van der Waals surface area contributed by atoms with Crippen LogP contribution < -0.4 is 19.5 Å². The minimum atomic E-state index is -0.983. The highest BCUT2D eigenvalue weighted by atomic mass is 16.7. The van der Waals surface area contributed by atoms with Gasteiger partial charge in [0.05, 0.1) is 7.11 Å². The van der Waals surface area contributed by atoms with Crippen LogP contribution in [0.1, 0.15) is 69.8 Å². The van der Waals surface area contributed by atoms with E-state index < -0.39 is 36.8 Å². The molecule has 4 saturated carbocycles. The fourth-order valence-electron chi connectivity index (χ4n) is 7.63. The minimum absolute atomic E-state index is 0.00849. The number of methoxy groups -OCH3 is 1. The first-order valence-corrected chi connectivity index (χ1v) is 14.7. The maximum atomic E-state index is 13.3. The van der Waals surface area contributed by atoms with Gasteiger partial charge in [0.15, 0.2) is 17.2 Å². The van der Waals surface area contributed by atoms with Crippen LogP contribution in [0.2, 0.25) is 0 Å². The predicted octanol–water partition coefficient (Wildman–Crippen LogP) is 4.70. The van der Waals surface area contributed by atoms with Gasteiger partial charge in [-0.3, -0.25) is 9.59 Å². The number of amides is 1. The molecule has 42 heavy (non-hydrogen) atoms. The topological polar surface area (TPSA) is 122 Å². The quantitative estimate of drug-likeness (QED) is 0.281. The first-order valence-electron chi connectivity index (χ1n) is 14.7. The summed E-state index contributed by atoms with van der Waals surface area (Å²) in [5.74, 6) is 1.29. The number of pyridine rings is 1. The molecule has 0 spiro atoms. The zero-order valence-corrected chi connectivity index (χ0v) is 24.7. The third-order valence-electron chi connectivity index (χ3n) is 8.89. The normalized spacial score (nSPS) is 26.0. The summed E-state index contributed by atoms with van der Waals surface area (Å²) in [4.78, 5) is 41.8. The maximum absolute atomic E-state index is 13.3. The van der Waals surface area contributed by atoms with Crippen molar-refractivity contribution in [2.24, 2.45) is 23.2 Å². The molecule has 4 bridgehead atoms. The molecule has 2 aromatic rings. The number of ether oxygens (including phenoxy) is 5. The van der Waals surface area contributed by atoms with Crippen molar-refractivity contribution in [3.8, 4) is 17.2 Å². The molecule has 1 heterocycles. The summed E-state index contributed by atoms with van der Waals surface area (Å²) < 4.78 is 28.3. The number of benzene rings is 1. The summed E-state index contributed by atoms with van der Waals surface area (Å²) in [6.45, 7) is 4.26. The summed E-state index contributed by atoms with van der Waals surface area (Å²) in [6.07, 6.45) is 7.67. The number of carbonyl (C=O) groups excluding carboxylic acids is 3. The van der Waals surface area contributed by atoms with Crippen LogP contribution >= 0.6 is 0 Å². The Morgan fingerprint density at radius 2 is 1.64 bits per heavy atom. The van der Waals surface area contributed by atoms with Gasteiger partial charge in [-0.1, -0.05) is 18.2 Å². The molecular weight excluding hydrogens is 540 g/mol. The number of carbonyl (C=O) groups is 3. The van der Waals surface area contributed by atoms with E-state index in [1.165, 1.54) is 45.6 Å². The highest BCUT2D eigenvalue weighted by Crippen LogP contribution is 2.62. The van der Waals surface area contributed by atoms with Crippen molar-refractivity contribution in [3.05, 3.63) is 48.3 Å². The molecule has 4 aliphatic rings. The summed E-state index contributed by atoms with van der Waals surface area (Å²) in [7, 11) is 1.41. The SMILES string of the molecule is COc1ccnc(C(=O)N[C@@H](C)C(=O)O[C@@H](C)[C@H](Oc2ccccc2)C23CC4CC(CC(C4)C2)C3)c1OCOC(C)=O. The van der Waals surface area contributed by atoms with Crippen molar-refractivity contribution in [1.82, 2.24) is 10.3 Å². The summed E-state index contributed by atoms with van der Waals surface area (Å²) >= 11 is 0. The third kappa shape index (κ3) is 6.47. The van der Waals surface area contributed by atoms with E-state index in [0.717, 1.165) is 25.0 Å². The molecule has 1 N–H and O–H groups in total. The van der Waals surface area contributed by atoms with Crippen molar-refractivity contribution in [1.29, 1.82) is 0 Å². The second-order valence-corrected chi connectivity index (χ2v) is 12.1. The second kappa shape index (κ2) is 12.6. The average molecular weight is 581 g/mol. The monoisotopic (exact) mass is 580 g/mol. The second-order valence-electron chi connectivity index (χ2n) is 12.1. The van der Waals surface area contributed by atoms with Crippen LogP contribution in [0.15, 0.2) is 42.6 Å². The first-order chi connectivity index (χ1) is 20.2. The lowest BCUT2D eigenvalue weighted by atomic mass is 9.47. The lowest BCUT2D eigenvalue weighted by molar-refractivity contribution is -0.173. The molecule has 1 aromatic carbocycles. The lowest BCUT2D eigenvalue weighted by Crippen LogP contribution is -2.57. The molecule has 10 nitrogen and oxygen atoms in total. The average Bonchev–Trinajstić information content (AvgIpc) is 2.95. The Hall–Kier alpha value is -3.82. The molecule has 4 aliphatic carbocycles. The van der Waals surface area contributed by atoms with E-state index in [0.29, 0.717) is 17.8 Å². The third-order valence-corrected chi connectivity index (χ3v) is 8.89. The van der Waals surface area contributed by atoms with Crippen molar-refractivity contribution in [2.75, 3.05) is 13.9 Å². The van der Waals surface area contributed by atoms with Crippen molar-refractivity contribution in [3.63, 3.8) is 0 Å². The number of rotatable bonds is 12. The van der Waals surface area contributed by atoms with Crippen LogP contribution in [-0.4, -0.2) is 55.0 Å². The molecule has 0 radical (unpaired) electrons. The van der Waals surface area contributed by atoms with Gasteiger partial charge in [0.2, 0.25) is 6.79 Å². The van der Waals surface area contributed by atoms with E-state index in [1.54, 1.807) is 6.92 Å². The van der Waals surface area contributed by atoms with Crippen LogP contribution in [0.5, 0.6) is 17.2 Å². The van der Waals surface area contributed by atoms with Crippen molar-refractivity contribution >= 4 is 17.8 Å². The van der Waals surface area contributed by atoms with Gasteiger partial charge in [0, 0.05) is 24.6 Å². The number of esters is 2. The molecule has 1 amide bonds. The largest absolute Gasteiger partial charge is 0.493 e. The van der Waals surface area contributed by atoms with E-state index in [4.69, 9.17) is 23.7 Å².